The lowest BCUT2D eigenvalue weighted by molar-refractivity contribution is -0.136. The van der Waals surface area contributed by atoms with Crippen molar-refractivity contribution in [2.75, 3.05) is 5.73 Å². The molecule has 6 heteroatoms. The van der Waals surface area contributed by atoms with Crippen LogP contribution < -0.4 is 5.73 Å². The summed E-state index contributed by atoms with van der Waals surface area (Å²) in [6, 6.07) is 3.57. The lowest BCUT2D eigenvalue weighted by atomic mass is 10.1. The van der Waals surface area contributed by atoms with E-state index >= 15 is 0 Å². The molecule has 0 bridgehead atoms. The predicted octanol–water partition coefficient (Wildman–Crippen LogP) is 0.681. The number of nitrogens with one attached hydrogen (secondary N) is 1. The van der Waals surface area contributed by atoms with Crippen LogP contribution in [0.25, 0.3) is 11.3 Å². The predicted molar refractivity (Wildman–Crippen MR) is 57.6 cm³/mol. The van der Waals surface area contributed by atoms with Crippen LogP contribution in [0.3, 0.4) is 0 Å². The minimum absolute atomic E-state index is 0.160. The third-order valence-electron chi connectivity index (χ3n) is 2.18. The van der Waals surface area contributed by atoms with Crippen molar-refractivity contribution in [3.05, 3.63) is 30.1 Å². The number of anilines is 1. The molecule has 0 saturated carbocycles. The molecule has 0 aromatic carbocycles. The van der Waals surface area contributed by atoms with E-state index in [9.17, 15) is 4.79 Å². The normalized spacial score (nSPS) is 10.2. The van der Waals surface area contributed by atoms with E-state index in [1.807, 2.05) is 6.07 Å². The molecule has 4 N–H and O–H groups in total. The molecule has 0 radical (unpaired) electrons. The molecule has 0 aliphatic heterocycles. The van der Waals surface area contributed by atoms with Gasteiger partial charge in [-0.1, -0.05) is 0 Å². The number of nitrogen functional groups attached to an aromatic ring is 1. The van der Waals surface area contributed by atoms with Gasteiger partial charge in [0.1, 0.15) is 5.82 Å². The molecule has 2 aromatic rings. The summed E-state index contributed by atoms with van der Waals surface area (Å²) in [5.41, 5.74) is 7.46. The molecule has 2 aromatic heterocycles. The fourth-order valence-electron chi connectivity index (χ4n) is 1.46. The van der Waals surface area contributed by atoms with Gasteiger partial charge in [-0.05, 0) is 12.1 Å². The summed E-state index contributed by atoms with van der Waals surface area (Å²) < 4.78 is 0. The first kappa shape index (κ1) is 10.2. The van der Waals surface area contributed by atoms with Crippen molar-refractivity contribution >= 4 is 11.8 Å². The zero-order valence-corrected chi connectivity index (χ0v) is 8.34. The van der Waals surface area contributed by atoms with Crippen molar-refractivity contribution in [2.45, 2.75) is 6.42 Å². The minimum atomic E-state index is -0.946. The number of rotatable bonds is 3. The quantitative estimate of drug-likeness (QED) is 0.702. The molecule has 82 valence electrons. The summed E-state index contributed by atoms with van der Waals surface area (Å²) in [5, 5.41) is 15.3. The fourth-order valence-corrected chi connectivity index (χ4v) is 1.46. The van der Waals surface area contributed by atoms with Crippen LogP contribution in [0.15, 0.2) is 24.5 Å². The van der Waals surface area contributed by atoms with E-state index in [0.29, 0.717) is 11.3 Å². The van der Waals surface area contributed by atoms with Gasteiger partial charge in [-0.25, -0.2) is 0 Å². The van der Waals surface area contributed by atoms with E-state index in [-0.39, 0.29) is 12.2 Å². The monoisotopic (exact) mass is 218 g/mol. The second-order valence-electron chi connectivity index (χ2n) is 3.27. The van der Waals surface area contributed by atoms with Crippen molar-refractivity contribution in [3.63, 3.8) is 0 Å². The Morgan fingerprint density at radius 3 is 3.00 bits per heavy atom. The van der Waals surface area contributed by atoms with Gasteiger partial charge in [-0.15, -0.1) is 0 Å². The lowest BCUT2D eigenvalue weighted by Crippen LogP contribution is -2.03. The second-order valence-corrected chi connectivity index (χ2v) is 3.27. The smallest absolute Gasteiger partial charge is 0.308 e. The van der Waals surface area contributed by atoms with E-state index in [1.54, 1.807) is 18.5 Å². The highest BCUT2D eigenvalue weighted by Crippen LogP contribution is 2.24. The largest absolute Gasteiger partial charge is 0.481 e. The Morgan fingerprint density at radius 1 is 1.56 bits per heavy atom. The van der Waals surface area contributed by atoms with Crippen LogP contribution in [0.2, 0.25) is 0 Å². The molecule has 0 unspecified atom stereocenters. The van der Waals surface area contributed by atoms with Gasteiger partial charge >= 0.3 is 5.97 Å². The maximum Gasteiger partial charge on any atom is 0.308 e. The number of nitrogens with zero attached hydrogens (tertiary/aromatic N) is 2. The van der Waals surface area contributed by atoms with E-state index in [1.165, 1.54) is 0 Å². The standard InChI is InChI=1S/C10H10N4O2/c11-10-7(4-8(15)16)9(13-14-10)6-2-1-3-12-5-6/h1-3,5H,4H2,(H,15,16)(H3,11,13,14). The topological polar surface area (TPSA) is 105 Å². The number of aromatic nitrogens is 3. The van der Waals surface area contributed by atoms with Gasteiger partial charge in [-0.3, -0.25) is 14.9 Å². The molecule has 0 aliphatic rings. The summed E-state index contributed by atoms with van der Waals surface area (Å²) in [4.78, 5) is 14.6. The Balaban J connectivity index is 2.46. The summed E-state index contributed by atoms with van der Waals surface area (Å²) in [7, 11) is 0. The number of pyridine rings is 1. The van der Waals surface area contributed by atoms with Crippen LogP contribution in [0.5, 0.6) is 0 Å². The van der Waals surface area contributed by atoms with Gasteiger partial charge in [0, 0.05) is 23.5 Å². The summed E-state index contributed by atoms with van der Waals surface area (Å²) in [6.07, 6.45) is 3.10. The summed E-state index contributed by atoms with van der Waals surface area (Å²) >= 11 is 0. The molecule has 2 rings (SSSR count). The molecule has 2 heterocycles. The van der Waals surface area contributed by atoms with Crippen molar-refractivity contribution in [3.8, 4) is 11.3 Å². The van der Waals surface area contributed by atoms with Crippen LogP contribution >= 0.6 is 0 Å². The highest BCUT2D eigenvalue weighted by Gasteiger charge is 2.15. The maximum atomic E-state index is 10.7. The van der Waals surface area contributed by atoms with Gasteiger partial charge in [-0.2, -0.15) is 5.10 Å². The van der Waals surface area contributed by atoms with E-state index in [2.05, 4.69) is 15.2 Å². The Kier molecular flexibility index (Phi) is 2.55. The number of H-pyrrole nitrogens is 1. The van der Waals surface area contributed by atoms with Crippen LogP contribution in [-0.4, -0.2) is 26.3 Å². The minimum Gasteiger partial charge on any atom is -0.481 e. The first-order chi connectivity index (χ1) is 7.68. The van der Waals surface area contributed by atoms with Crippen molar-refractivity contribution in [1.82, 2.24) is 15.2 Å². The molecule has 16 heavy (non-hydrogen) atoms. The molecule has 0 atom stereocenters. The number of aliphatic carboxylic acids is 1. The Morgan fingerprint density at radius 2 is 2.38 bits per heavy atom. The third-order valence-corrected chi connectivity index (χ3v) is 2.18. The van der Waals surface area contributed by atoms with Crippen molar-refractivity contribution < 1.29 is 9.90 Å². The molecule has 0 fully saturated rings. The van der Waals surface area contributed by atoms with Crippen LogP contribution in [0.1, 0.15) is 5.56 Å². The average Bonchev–Trinajstić information content (AvgIpc) is 2.61. The molecule has 6 nitrogen and oxygen atoms in total. The Hall–Kier alpha value is -2.37. The molecule has 0 aliphatic carbocycles. The molecule has 0 saturated heterocycles. The molecule has 0 spiro atoms. The maximum absolute atomic E-state index is 10.7. The highest BCUT2D eigenvalue weighted by atomic mass is 16.4. The average molecular weight is 218 g/mol. The van der Waals surface area contributed by atoms with Crippen molar-refractivity contribution in [2.24, 2.45) is 0 Å². The third kappa shape index (κ3) is 1.85. The molecule has 0 amide bonds. The fraction of sp³-hybridized carbons (Fsp3) is 0.100. The summed E-state index contributed by atoms with van der Waals surface area (Å²) in [6.45, 7) is 0. The number of hydrogen-bond acceptors (Lipinski definition) is 4. The first-order valence-electron chi connectivity index (χ1n) is 4.63. The van der Waals surface area contributed by atoms with Crippen LogP contribution in [0, 0.1) is 0 Å². The molecular formula is C10H10N4O2. The highest BCUT2D eigenvalue weighted by molar-refractivity contribution is 5.78. The molecular weight excluding hydrogens is 208 g/mol. The van der Waals surface area contributed by atoms with Gasteiger partial charge < -0.3 is 10.8 Å². The van der Waals surface area contributed by atoms with Gasteiger partial charge in [0.2, 0.25) is 0 Å². The Bertz CT molecular complexity index is 507. The first-order valence-corrected chi connectivity index (χ1v) is 4.63. The number of aromatic amines is 1. The number of carbonyl (C=O) groups is 1. The Labute approximate surface area is 91.1 Å². The SMILES string of the molecule is Nc1n[nH]c(-c2cccnc2)c1CC(=O)O. The van der Waals surface area contributed by atoms with Gasteiger partial charge in [0.15, 0.2) is 0 Å². The van der Waals surface area contributed by atoms with E-state index in [4.69, 9.17) is 10.8 Å². The number of hydrogen-bond donors (Lipinski definition) is 3. The zero-order chi connectivity index (χ0) is 11.5. The second kappa shape index (κ2) is 4.01. The zero-order valence-electron chi connectivity index (χ0n) is 8.34. The van der Waals surface area contributed by atoms with E-state index < -0.39 is 5.97 Å². The number of carboxylic acid groups (broad SMARTS) is 1. The van der Waals surface area contributed by atoms with Crippen LogP contribution in [0.4, 0.5) is 5.82 Å². The van der Waals surface area contributed by atoms with Crippen LogP contribution in [-0.2, 0) is 11.2 Å². The summed E-state index contributed by atoms with van der Waals surface area (Å²) in [5.74, 6) is -0.737. The number of nitrogens with two attached hydrogens (primary N) is 1. The van der Waals surface area contributed by atoms with Crippen molar-refractivity contribution in [1.29, 1.82) is 0 Å². The van der Waals surface area contributed by atoms with E-state index in [0.717, 1.165) is 5.56 Å². The van der Waals surface area contributed by atoms with Gasteiger partial charge in [0.05, 0.1) is 12.1 Å². The lowest BCUT2D eigenvalue weighted by Gasteiger charge is -2.00. The number of carboxylic acids is 1. The van der Waals surface area contributed by atoms with Gasteiger partial charge in [0.25, 0.3) is 0 Å².